The van der Waals surface area contributed by atoms with Crippen LogP contribution >= 0.6 is 11.6 Å². The van der Waals surface area contributed by atoms with Crippen molar-refractivity contribution in [2.24, 2.45) is 0 Å². The van der Waals surface area contributed by atoms with Gasteiger partial charge in [0.25, 0.3) is 12.9 Å². The molecule has 0 fully saturated rings. The average molecular weight is 368 g/mol. The number of aromatic nitrogens is 4. The van der Waals surface area contributed by atoms with Crippen LogP contribution in [0.15, 0.2) is 18.5 Å². The summed E-state index contributed by atoms with van der Waals surface area (Å²) in [6.07, 6.45) is -2.35. The summed E-state index contributed by atoms with van der Waals surface area (Å²) in [7, 11) is 0. The Bertz CT molecular complexity index is 688. The Hall–Kier alpha value is -2.10. The maximum absolute atomic E-state index is 12.8. The van der Waals surface area contributed by atoms with E-state index in [0.717, 1.165) is 0 Å². The standard InChI is InChI=1S/C13H14ClF4N5O/c14-8-5-20-22(6-8)3-1-2-19-11(24)7-23-10(13(17)18)4-9(21-23)12(15)16/h4-6,12-13H,1-3,7H2,(H,19,24). The molecule has 0 bridgehead atoms. The van der Waals surface area contributed by atoms with Gasteiger partial charge in [-0.2, -0.15) is 10.2 Å². The van der Waals surface area contributed by atoms with Gasteiger partial charge < -0.3 is 5.32 Å². The molecule has 2 aromatic rings. The lowest BCUT2D eigenvalue weighted by molar-refractivity contribution is -0.121. The SMILES string of the molecule is O=C(Cn1nc(C(F)F)cc1C(F)F)NCCCn1cc(Cl)cn1. The third kappa shape index (κ3) is 4.95. The normalized spacial score (nSPS) is 11.5. The summed E-state index contributed by atoms with van der Waals surface area (Å²) in [6.45, 7) is 0.218. The van der Waals surface area contributed by atoms with Crippen LogP contribution in [0.2, 0.25) is 5.02 Å². The Morgan fingerprint density at radius 3 is 2.62 bits per heavy atom. The second-order valence-electron chi connectivity index (χ2n) is 4.88. The molecule has 2 heterocycles. The number of nitrogens with zero attached hydrogens (tertiary/aromatic N) is 4. The highest BCUT2D eigenvalue weighted by atomic mass is 35.5. The fraction of sp³-hybridized carbons (Fsp3) is 0.462. The predicted octanol–water partition coefficient (Wildman–Crippen LogP) is 2.81. The van der Waals surface area contributed by atoms with Gasteiger partial charge in [0.2, 0.25) is 5.91 Å². The molecule has 2 aromatic heterocycles. The van der Waals surface area contributed by atoms with E-state index in [1.807, 2.05) is 0 Å². The maximum atomic E-state index is 12.8. The molecule has 0 aliphatic rings. The Balaban J connectivity index is 1.83. The molecule has 0 unspecified atom stereocenters. The molecule has 11 heteroatoms. The van der Waals surface area contributed by atoms with Crippen molar-refractivity contribution in [3.05, 3.63) is 34.9 Å². The van der Waals surface area contributed by atoms with Crippen LogP contribution < -0.4 is 5.32 Å². The molecule has 0 radical (unpaired) electrons. The number of amides is 1. The molecule has 1 amide bonds. The first-order chi connectivity index (χ1) is 11.4. The average Bonchev–Trinajstić information content (AvgIpc) is 3.10. The van der Waals surface area contributed by atoms with Crippen molar-refractivity contribution in [1.82, 2.24) is 24.9 Å². The molecule has 0 spiro atoms. The van der Waals surface area contributed by atoms with Gasteiger partial charge in [0.1, 0.15) is 17.9 Å². The Morgan fingerprint density at radius 2 is 2.04 bits per heavy atom. The van der Waals surface area contributed by atoms with Crippen LogP contribution in [0.4, 0.5) is 17.6 Å². The van der Waals surface area contributed by atoms with Gasteiger partial charge >= 0.3 is 0 Å². The summed E-state index contributed by atoms with van der Waals surface area (Å²) in [5, 5.41) is 10.3. The molecule has 0 aliphatic carbocycles. The van der Waals surface area contributed by atoms with Crippen LogP contribution in [-0.4, -0.2) is 32.0 Å². The molecular formula is C13H14ClF4N5O. The number of nitrogens with one attached hydrogen (secondary N) is 1. The summed E-state index contributed by atoms with van der Waals surface area (Å²) in [4.78, 5) is 11.7. The quantitative estimate of drug-likeness (QED) is 0.576. The fourth-order valence-electron chi connectivity index (χ4n) is 1.98. The van der Waals surface area contributed by atoms with Gasteiger partial charge in [-0.25, -0.2) is 17.6 Å². The highest BCUT2D eigenvalue weighted by Crippen LogP contribution is 2.24. The van der Waals surface area contributed by atoms with Crippen LogP contribution in [0.25, 0.3) is 0 Å². The van der Waals surface area contributed by atoms with E-state index in [9.17, 15) is 22.4 Å². The zero-order valence-electron chi connectivity index (χ0n) is 12.3. The largest absolute Gasteiger partial charge is 0.354 e. The van der Waals surface area contributed by atoms with E-state index < -0.39 is 36.7 Å². The fourth-order valence-corrected chi connectivity index (χ4v) is 2.14. The molecule has 0 saturated heterocycles. The first-order valence-electron chi connectivity index (χ1n) is 6.95. The summed E-state index contributed by atoms with van der Waals surface area (Å²) >= 11 is 5.70. The van der Waals surface area contributed by atoms with E-state index in [1.54, 1.807) is 10.9 Å². The molecule has 0 aromatic carbocycles. The van der Waals surface area contributed by atoms with Crippen LogP contribution in [0.1, 0.15) is 30.7 Å². The lowest BCUT2D eigenvalue weighted by atomic mass is 10.3. The number of aryl methyl sites for hydroxylation is 1. The predicted molar refractivity (Wildman–Crippen MR) is 77.0 cm³/mol. The zero-order valence-corrected chi connectivity index (χ0v) is 13.1. The molecule has 0 aliphatic heterocycles. The minimum atomic E-state index is -3.00. The topological polar surface area (TPSA) is 64.7 Å². The molecule has 0 saturated carbocycles. The highest BCUT2D eigenvalue weighted by Gasteiger charge is 2.22. The van der Waals surface area contributed by atoms with E-state index in [1.165, 1.54) is 6.20 Å². The van der Waals surface area contributed by atoms with Gasteiger partial charge in [-0.05, 0) is 12.5 Å². The van der Waals surface area contributed by atoms with Gasteiger partial charge in [0, 0.05) is 19.3 Å². The first kappa shape index (κ1) is 18.2. The molecule has 6 nitrogen and oxygen atoms in total. The summed E-state index contributed by atoms with van der Waals surface area (Å²) in [5.41, 5.74) is -1.50. The molecule has 132 valence electrons. The molecule has 1 N–H and O–H groups in total. The van der Waals surface area contributed by atoms with Crippen LogP contribution in [0, 0.1) is 0 Å². The lowest BCUT2D eigenvalue weighted by Gasteiger charge is -2.08. The summed E-state index contributed by atoms with van der Waals surface area (Å²) in [5.74, 6) is -0.598. The van der Waals surface area contributed by atoms with Crippen molar-refractivity contribution in [2.75, 3.05) is 6.54 Å². The van der Waals surface area contributed by atoms with Gasteiger partial charge in [0.05, 0.1) is 11.2 Å². The molecule has 24 heavy (non-hydrogen) atoms. The number of carbonyl (C=O) groups excluding carboxylic acids is 1. The number of carbonyl (C=O) groups is 1. The van der Waals surface area contributed by atoms with Crippen molar-refractivity contribution in [3.63, 3.8) is 0 Å². The minimum absolute atomic E-state index is 0.267. The van der Waals surface area contributed by atoms with E-state index >= 15 is 0 Å². The van der Waals surface area contributed by atoms with Gasteiger partial charge in [-0.1, -0.05) is 11.6 Å². The van der Waals surface area contributed by atoms with E-state index in [-0.39, 0.29) is 6.54 Å². The zero-order chi connectivity index (χ0) is 17.7. The van der Waals surface area contributed by atoms with Crippen molar-refractivity contribution < 1.29 is 22.4 Å². The van der Waals surface area contributed by atoms with Crippen LogP contribution in [0.5, 0.6) is 0 Å². The number of halogens is 5. The minimum Gasteiger partial charge on any atom is -0.354 e. The van der Waals surface area contributed by atoms with E-state index in [2.05, 4.69) is 15.5 Å². The number of hydrogen-bond acceptors (Lipinski definition) is 3. The van der Waals surface area contributed by atoms with Crippen molar-refractivity contribution in [3.8, 4) is 0 Å². The van der Waals surface area contributed by atoms with Crippen LogP contribution in [0.3, 0.4) is 0 Å². The van der Waals surface area contributed by atoms with Gasteiger partial charge in [0.15, 0.2) is 0 Å². The second-order valence-corrected chi connectivity index (χ2v) is 5.31. The number of hydrogen-bond donors (Lipinski definition) is 1. The Morgan fingerprint density at radius 1 is 1.29 bits per heavy atom. The van der Waals surface area contributed by atoms with Gasteiger partial charge in [-0.3, -0.25) is 14.2 Å². The first-order valence-corrected chi connectivity index (χ1v) is 7.33. The monoisotopic (exact) mass is 367 g/mol. The molecule has 2 rings (SSSR count). The molecular weight excluding hydrogens is 354 g/mol. The summed E-state index contributed by atoms with van der Waals surface area (Å²) < 4.78 is 52.8. The maximum Gasteiger partial charge on any atom is 0.282 e. The number of rotatable bonds is 8. The van der Waals surface area contributed by atoms with Crippen LogP contribution in [-0.2, 0) is 17.9 Å². The number of alkyl halides is 4. The third-order valence-electron chi connectivity index (χ3n) is 3.06. The highest BCUT2D eigenvalue weighted by molar-refractivity contribution is 6.30. The summed E-state index contributed by atoms with van der Waals surface area (Å²) in [6, 6.07) is 0.601. The second kappa shape index (κ2) is 8.13. The van der Waals surface area contributed by atoms with Crippen molar-refractivity contribution in [2.45, 2.75) is 32.4 Å². The Labute approximate surface area is 139 Å². The van der Waals surface area contributed by atoms with E-state index in [0.29, 0.717) is 28.7 Å². The lowest BCUT2D eigenvalue weighted by Crippen LogP contribution is -2.30. The van der Waals surface area contributed by atoms with Gasteiger partial charge in [-0.15, -0.1) is 0 Å². The van der Waals surface area contributed by atoms with Crippen molar-refractivity contribution in [1.29, 1.82) is 0 Å². The Kier molecular flexibility index (Phi) is 6.18. The third-order valence-corrected chi connectivity index (χ3v) is 3.25. The van der Waals surface area contributed by atoms with E-state index in [4.69, 9.17) is 11.6 Å². The molecule has 0 atom stereocenters. The van der Waals surface area contributed by atoms with Crippen molar-refractivity contribution >= 4 is 17.5 Å². The smallest absolute Gasteiger partial charge is 0.282 e.